The van der Waals surface area contributed by atoms with Crippen molar-refractivity contribution in [3.05, 3.63) is 18.2 Å². The van der Waals surface area contributed by atoms with Crippen LogP contribution in [-0.2, 0) is 14.3 Å². The van der Waals surface area contributed by atoms with E-state index < -0.39 is 12.0 Å². The minimum Gasteiger partial charge on any atom is -0.454 e. The van der Waals surface area contributed by atoms with Crippen molar-refractivity contribution in [2.24, 2.45) is 5.92 Å². The van der Waals surface area contributed by atoms with Crippen molar-refractivity contribution in [1.29, 1.82) is 0 Å². The molecule has 0 spiro atoms. The summed E-state index contributed by atoms with van der Waals surface area (Å²) >= 11 is 0. The second-order valence-corrected chi connectivity index (χ2v) is 6.15. The number of carbonyl (C=O) groups excluding carboxylic acids is 3. The zero-order valence-electron chi connectivity index (χ0n) is 14.4. The fourth-order valence-corrected chi connectivity index (χ4v) is 2.98. The zero-order chi connectivity index (χ0) is 18.5. The van der Waals surface area contributed by atoms with Crippen LogP contribution in [-0.4, -0.2) is 56.3 Å². The van der Waals surface area contributed by atoms with Crippen molar-refractivity contribution in [3.8, 4) is 11.5 Å². The average Bonchev–Trinajstić information content (AvgIpc) is 3.09. The number of hydrogen-bond donors (Lipinski definition) is 2. The first-order valence-electron chi connectivity index (χ1n) is 8.36. The smallest absolute Gasteiger partial charge is 0.413 e. The van der Waals surface area contributed by atoms with Gasteiger partial charge in [0, 0.05) is 17.7 Å². The third kappa shape index (κ3) is 4.42. The van der Waals surface area contributed by atoms with Crippen LogP contribution in [0.2, 0.25) is 0 Å². The molecule has 9 nitrogen and oxygen atoms in total. The van der Waals surface area contributed by atoms with Crippen LogP contribution in [0.15, 0.2) is 18.2 Å². The number of methoxy groups -OCH3 is 1. The number of ether oxygens (including phenoxy) is 3. The summed E-state index contributed by atoms with van der Waals surface area (Å²) in [6.07, 6.45) is 0.511. The molecule has 2 heterocycles. The molecule has 1 fully saturated rings. The van der Waals surface area contributed by atoms with Gasteiger partial charge in [-0.25, -0.2) is 4.79 Å². The van der Waals surface area contributed by atoms with Crippen LogP contribution in [0.4, 0.5) is 10.5 Å². The Hall–Kier alpha value is -2.81. The zero-order valence-corrected chi connectivity index (χ0v) is 14.4. The van der Waals surface area contributed by atoms with E-state index in [1.807, 2.05) is 4.90 Å². The molecular formula is C17H21N3O6. The van der Waals surface area contributed by atoms with E-state index in [2.05, 4.69) is 15.4 Å². The summed E-state index contributed by atoms with van der Waals surface area (Å²) in [4.78, 5) is 37.0. The molecule has 2 aliphatic heterocycles. The lowest BCUT2D eigenvalue weighted by Crippen LogP contribution is -2.44. The molecule has 0 atom stereocenters. The number of hydrogen-bond acceptors (Lipinski definition) is 7. The maximum Gasteiger partial charge on any atom is 0.413 e. The lowest BCUT2D eigenvalue weighted by molar-refractivity contribution is -0.122. The van der Waals surface area contributed by atoms with E-state index in [-0.39, 0.29) is 25.2 Å². The predicted molar refractivity (Wildman–Crippen MR) is 90.9 cm³/mol. The fraction of sp³-hybridized carbons (Fsp3) is 0.471. The van der Waals surface area contributed by atoms with Crippen LogP contribution < -0.4 is 20.1 Å². The van der Waals surface area contributed by atoms with E-state index in [9.17, 15) is 14.4 Å². The van der Waals surface area contributed by atoms with Crippen LogP contribution in [0, 0.1) is 5.92 Å². The number of carbonyl (C=O) groups is 3. The molecule has 0 aliphatic carbocycles. The van der Waals surface area contributed by atoms with Gasteiger partial charge in [0.25, 0.3) is 0 Å². The molecule has 1 aromatic carbocycles. The Morgan fingerprint density at radius 3 is 2.65 bits per heavy atom. The molecule has 0 radical (unpaired) electrons. The quantitative estimate of drug-likeness (QED) is 0.820. The summed E-state index contributed by atoms with van der Waals surface area (Å²) in [5.41, 5.74) is 0.666. The third-order valence-electron chi connectivity index (χ3n) is 4.39. The number of anilines is 1. The van der Waals surface area contributed by atoms with Crippen LogP contribution in [0.5, 0.6) is 11.5 Å². The Morgan fingerprint density at radius 2 is 1.92 bits per heavy atom. The van der Waals surface area contributed by atoms with Gasteiger partial charge in [-0.3, -0.25) is 19.8 Å². The second kappa shape index (κ2) is 8.05. The summed E-state index contributed by atoms with van der Waals surface area (Å²) < 4.78 is 14.9. The predicted octanol–water partition coefficient (Wildman–Crippen LogP) is 0.948. The Balaban J connectivity index is 1.45. The van der Waals surface area contributed by atoms with E-state index in [1.165, 1.54) is 7.11 Å². The summed E-state index contributed by atoms with van der Waals surface area (Å²) in [6, 6.07) is 5.28. The SMILES string of the molecule is COC(=O)NC(=O)CN1CCC(C(=O)Nc2ccc3c(c2)OCO3)CC1. The van der Waals surface area contributed by atoms with Gasteiger partial charge in [0.2, 0.25) is 18.6 Å². The van der Waals surface area contributed by atoms with E-state index in [0.717, 1.165) is 0 Å². The van der Waals surface area contributed by atoms with Gasteiger partial charge in [-0.2, -0.15) is 0 Å². The normalized spacial score (nSPS) is 16.8. The van der Waals surface area contributed by atoms with Gasteiger partial charge < -0.3 is 19.5 Å². The molecule has 26 heavy (non-hydrogen) atoms. The Bertz CT molecular complexity index is 700. The molecule has 0 aromatic heterocycles. The van der Waals surface area contributed by atoms with Gasteiger partial charge in [0.1, 0.15) is 0 Å². The molecule has 9 heteroatoms. The van der Waals surface area contributed by atoms with E-state index >= 15 is 0 Å². The van der Waals surface area contributed by atoms with Crippen LogP contribution >= 0.6 is 0 Å². The third-order valence-corrected chi connectivity index (χ3v) is 4.39. The maximum absolute atomic E-state index is 12.4. The molecular weight excluding hydrogens is 342 g/mol. The molecule has 2 aliphatic rings. The molecule has 2 N–H and O–H groups in total. The maximum atomic E-state index is 12.4. The summed E-state index contributed by atoms with van der Waals surface area (Å²) in [5, 5.41) is 5.02. The topological polar surface area (TPSA) is 106 Å². The van der Waals surface area contributed by atoms with Gasteiger partial charge in [-0.05, 0) is 38.1 Å². The lowest BCUT2D eigenvalue weighted by atomic mass is 9.96. The number of amides is 3. The van der Waals surface area contributed by atoms with Crippen molar-refractivity contribution >= 4 is 23.6 Å². The monoisotopic (exact) mass is 363 g/mol. The number of likely N-dealkylation sites (tertiary alicyclic amines) is 1. The van der Waals surface area contributed by atoms with E-state index in [0.29, 0.717) is 43.1 Å². The number of imide groups is 1. The minimum absolute atomic E-state index is 0.0532. The van der Waals surface area contributed by atoms with E-state index in [4.69, 9.17) is 9.47 Å². The van der Waals surface area contributed by atoms with Gasteiger partial charge in [-0.1, -0.05) is 0 Å². The Kier molecular flexibility index (Phi) is 5.57. The highest BCUT2D eigenvalue weighted by atomic mass is 16.7. The number of piperidine rings is 1. The van der Waals surface area contributed by atoms with Crippen molar-refractivity contribution < 1.29 is 28.6 Å². The van der Waals surface area contributed by atoms with Gasteiger partial charge >= 0.3 is 6.09 Å². The second-order valence-electron chi connectivity index (χ2n) is 6.15. The molecule has 0 unspecified atom stereocenters. The Morgan fingerprint density at radius 1 is 1.19 bits per heavy atom. The molecule has 0 saturated carbocycles. The first-order valence-corrected chi connectivity index (χ1v) is 8.36. The summed E-state index contributed by atoms with van der Waals surface area (Å²) in [7, 11) is 1.20. The molecule has 140 valence electrons. The highest BCUT2D eigenvalue weighted by Crippen LogP contribution is 2.34. The molecule has 1 aromatic rings. The molecule has 1 saturated heterocycles. The van der Waals surface area contributed by atoms with Gasteiger partial charge in [0.05, 0.1) is 13.7 Å². The molecule has 3 rings (SSSR count). The van der Waals surface area contributed by atoms with E-state index in [1.54, 1.807) is 18.2 Å². The first-order chi connectivity index (χ1) is 12.5. The molecule has 0 bridgehead atoms. The highest BCUT2D eigenvalue weighted by molar-refractivity contribution is 5.93. The minimum atomic E-state index is -0.770. The first kappa shape index (κ1) is 18.0. The number of benzene rings is 1. The number of nitrogens with one attached hydrogen (secondary N) is 2. The van der Waals surface area contributed by atoms with Gasteiger partial charge in [0.15, 0.2) is 11.5 Å². The Labute approximate surface area is 150 Å². The van der Waals surface area contributed by atoms with Crippen molar-refractivity contribution in [3.63, 3.8) is 0 Å². The van der Waals surface area contributed by atoms with Crippen molar-refractivity contribution in [1.82, 2.24) is 10.2 Å². The standard InChI is InChI=1S/C17H21N3O6/c1-24-17(23)19-15(21)9-20-6-4-11(5-7-20)16(22)18-12-2-3-13-14(8-12)26-10-25-13/h2-3,8,11H,4-7,9-10H2,1H3,(H,18,22)(H,19,21,23). The van der Waals surface area contributed by atoms with Gasteiger partial charge in [-0.15, -0.1) is 0 Å². The number of alkyl carbamates (subject to hydrolysis) is 1. The average molecular weight is 363 g/mol. The summed E-state index contributed by atoms with van der Waals surface area (Å²) in [5.74, 6) is 0.693. The van der Waals surface area contributed by atoms with Crippen molar-refractivity contribution in [2.75, 3.05) is 38.9 Å². The number of rotatable bonds is 4. The fourth-order valence-electron chi connectivity index (χ4n) is 2.98. The molecule has 3 amide bonds. The number of nitrogens with zero attached hydrogens (tertiary/aromatic N) is 1. The lowest BCUT2D eigenvalue weighted by Gasteiger charge is -2.30. The van der Waals surface area contributed by atoms with Crippen LogP contribution in [0.1, 0.15) is 12.8 Å². The highest BCUT2D eigenvalue weighted by Gasteiger charge is 2.26. The van der Waals surface area contributed by atoms with Crippen LogP contribution in [0.3, 0.4) is 0 Å². The summed E-state index contributed by atoms with van der Waals surface area (Å²) in [6.45, 7) is 1.50. The number of fused-ring (bicyclic) bond motifs is 1. The van der Waals surface area contributed by atoms with Crippen molar-refractivity contribution in [2.45, 2.75) is 12.8 Å². The van der Waals surface area contributed by atoms with Crippen LogP contribution in [0.25, 0.3) is 0 Å². The largest absolute Gasteiger partial charge is 0.454 e.